The van der Waals surface area contributed by atoms with Gasteiger partial charge in [-0.15, -0.1) is 11.3 Å². The molecule has 0 amide bonds. The maximum absolute atomic E-state index is 10.4. The topological polar surface area (TPSA) is 50.2 Å². The number of nitrogens with zero attached hydrogens (tertiary/aromatic N) is 1. The summed E-state index contributed by atoms with van der Waals surface area (Å²) in [6.07, 6.45) is 6.57. The van der Waals surface area contributed by atoms with Crippen LogP contribution < -0.4 is 0 Å². The van der Waals surface area contributed by atoms with E-state index in [1.807, 2.05) is 6.92 Å². The summed E-state index contributed by atoms with van der Waals surface area (Å²) in [5, 5.41) is 9.71. The van der Waals surface area contributed by atoms with Crippen LogP contribution in [0.3, 0.4) is 0 Å². The highest BCUT2D eigenvalue weighted by Crippen LogP contribution is 2.39. The second kappa shape index (κ2) is 4.14. The van der Waals surface area contributed by atoms with Crippen molar-refractivity contribution in [1.82, 2.24) is 4.98 Å². The Morgan fingerprint density at radius 3 is 2.87 bits per heavy atom. The first-order valence-corrected chi connectivity index (χ1v) is 5.87. The largest absolute Gasteiger partial charge is 0.478 e. The molecule has 1 aliphatic carbocycles. The van der Waals surface area contributed by atoms with Crippen LogP contribution in [-0.4, -0.2) is 16.1 Å². The van der Waals surface area contributed by atoms with Gasteiger partial charge in [-0.2, -0.15) is 0 Å². The molecular weight excluding hydrogens is 210 g/mol. The maximum atomic E-state index is 10.4. The Labute approximate surface area is 92.5 Å². The number of rotatable bonds is 3. The lowest BCUT2D eigenvalue weighted by molar-refractivity contribution is -0.131. The lowest BCUT2D eigenvalue weighted by Crippen LogP contribution is -2.07. The average Bonchev–Trinajstić information content (AvgIpc) is 2.40. The van der Waals surface area contributed by atoms with Gasteiger partial charge >= 0.3 is 5.97 Å². The van der Waals surface area contributed by atoms with E-state index in [-0.39, 0.29) is 0 Å². The lowest BCUT2D eigenvalue weighted by atomic mass is 9.86. The van der Waals surface area contributed by atoms with Crippen molar-refractivity contribution in [3.63, 3.8) is 0 Å². The Morgan fingerprint density at radius 1 is 1.60 bits per heavy atom. The number of carbonyl (C=O) groups is 1. The Kier molecular flexibility index (Phi) is 2.86. The summed E-state index contributed by atoms with van der Waals surface area (Å²) >= 11 is 1.62. The van der Waals surface area contributed by atoms with Crippen LogP contribution in [0.5, 0.6) is 0 Å². The first kappa shape index (κ1) is 10.4. The average molecular weight is 223 g/mol. The number of hydrogen-bond donors (Lipinski definition) is 1. The van der Waals surface area contributed by atoms with Gasteiger partial charge in [0.05, 0.1) is 15.6 Å². The fourth-order valence-corrected chi connectivity index (χ4v) is 2.70. The van der Waals surface area contributed by atoms with Gasteiger partial charge < -0.3 is 5.11 Å². The van der Waals surface area contributed by atoms with Crippen LogP contribution in [-0.2, 0) is 4.79 Å². The van der Waals surface area contributed by atoms with Crippen LogP contribution in [0.15, 0.2) is 6.08 Å². The predicted molar refractivity (Wildman–Crippen MR) is 60.1 cm³/mol. The first-order chi connectivity index (χ1) is 7.16. The van der Waals surface area contributed by atoms with Crippen molar-refractivity contribution in [2.75, 3.05) is 0 Å². The van der Waals surface area contributed by atoms with Crippen molar-refractivity contribution in [3.8, 4) is 0 Å². The number of hydrogen-bond acceptors (Lipinski definition) is 3. The second-order valence-electron chi connectivity index (χ2n) is 3.80. The van der Waals surface area contributed by atoms with Crippen LogP contribution in [0, 0.1) is 6.92 Å². The van der Waals surface area contributed by atoms with Crippen LogP contribution >= 0.6 is 11.3 Å². The zero-order chi connectivity index (χ0) is 10.8. The van der Waals surface area contributed by atoms with Gasteiger partial charge in [0.1, 0.15) is 0 Å². The second-order valence-corrected chi connectivity index (χ2v) is 4.86. The molecule has 1 N–H and O–H groups in total. The van der Waals surface area contributed by atoms with E-state index in [0.29, 0.717) is 5.92 Å². The number of aliphatic carboxylic acids is 1. The third-order valence-corrected chi connectivity index (χ3v) is 3.97. The van der Waals surface area contributed by atoms with Gasteiger partial charge in [-0.05, 0) is 25.8 Å². The monoisotopic (exact) mass is 223 g/mol. The third kappa shape index (κ3) is 2.26. The van der Waals surface area contributed by atoms with Crippen molar-refractivity contribution in [1.29, 1.82) is 0 Å². The van der Waals surface area contributed by atoms with Crippen molar-refractivity contribution < 1.29 is 9.90 Å². The van der Waals surface area contributed by atoms with E-state index in [1.54, 1.807) is 17.4 Å². The predicted octanol–water partition coefficient (Wildman–Crippen LogP) is 2.82. The number of carboxylic acid groups (broad SMARTS) is 1. The van der Waals surface area contributed by atoms with Gasteiger partial charge in [0, 0.05) is 12.0 Å². The van der Waals surface area contributed by atoms with E-state index in [4.69, 9.17) is 5.11 Å². The third-order valence-electron chi connectivity index (χ3n) is 2.68. The smallest absolute Gasteiger partial charge is 0.328 e. The molecule has 0 spiro atoms. The van der Waals surface area contributed by atoms with E-state index < -0.39 is 5.97 Å². The molecule has 1 aromatic heterocycles. The molecule has 0 radical (unpaired) electrons. The zero-order valence-electron chi connectivity index (χ0n) is 8.56. The van der Waals surface area contributed by atoms with Crippen LogP contribution in [0.2, 0.25) is 0 Å². The van der Waals surface area contributed by atoms with Gasteiger partial charge in [-0.25, -0.2) is 9.78 Å². The van der Waals surface area contributed by atoms with Crippen molar-refractivity contribution in [2.24, 2.45) is 0 Å². The summed E-state index contributed by atoms with van der Waals surface area (Å²) < 4.78 is 0. The quantitative estimate of drug-likeness (QED) is 0.801. The van der Waals surface area contributed by atoms with Crippen LogP contribution in [0.4, 0.5) is 0 Å². The highest BCUT2D eigenvalue weighted by atomic mass is 32.1. The van der Waals surface area contributed by atoms with E-state index in [2.05, 4.69) is 4.98 Å². The standard InChI is InChI=1S/C11H13NO2S/c1-7-9(5-6-10(13)14)15-11(12-7)8-3-2-4-8/h5-6,8H,2-4H2,1H3,(H,13,14)/b6-5+. The van der Waals surface area contributed by atoms with E-state index in [9.17, 15) is 4.79 Å². The minimum absolute atomic E-state index is 0.626. The fraction of sp³-hybridized carbons (Fsp3) is 0.455. The summed E-state index contributed by atoms with van der Waals surface area (Å²) in [5.41, 5.74) is 0.944. The van der Waals surface area contributed by atoms with Gasteiger partial charge in [0.25, 0.3) is 0 Å². The molecular formula is C11H13NO2S. The Balaban J connectivity index is 2.17. The number of aryl methyl sites for hydroxylation is 1. The summed E-state index contributed by atoms with van der Waals surface area (Å²) in [4.78, 5) is 15.8. The SMILES string of the molecule is Cc1nc(C2CCC2)sc1/C=C/C(=O)O. The molecule has 1 saturated carbocycles. The molecule has 0 bridgehead atoms. The molecule has 1 heterocycles. The fourth-order valence-electron chi connectivity index (χ4n) is 1.56. The maximum Gasteiger partial charge on any atom is 0.328 e. The molecule has 1 aliphatic rings. The van der Waals surface area contributed by atoms with Gasteiger partial charge in [0.15, 0.2) is 0 Å². The molecule has 0 atom stereocenters. The molecule has 80 valence electrons. The minimum Gasteiger partial charge on any atom is -0.478 e. The van der Waals surface area contributed by atoms with Crippen molar-refractivity contribution in [2.45, 2.75) is 32.1 Å². The molecule has 1 fully saturated rings. The summed E-state index contributed by atoms with van der Waals surface area (Å²) in [6.45, 7) is 1.93. The summed E-state index contributed by atoms with van der Waals surface area (Å²) in [7, 11) is 0. The molecule has 4 heteroatoms. The molecule has 0 unspecified atom stereocenters. The van der Waals surface area contributed by atoms with Gasteiger partial charge in [-0.3, -0.25) is 0 Å². The van der Waals surface area contributed by atoms with Gasteiger partial charge in [0.2, 0.25) is 0 Å². The van der Waals surface area contributed by atoms with Crippen LogP contribution in [0.25, 0.3) is 6.08 Å². The zero-order valence-corrected chi connectivity index (χ0v) is 9.38. The number of aromatic nitrogens is 1. The Morgan fingerprint density at radius 2 is 2.33 bits per heavy atom. The molecule has 15 heavy (non-hydrogen) atoms. The summed E-state index contributed by atoms with van der Waals surface area (Å²) in [6, 6.07) is 0. The van der Waals surface area contributed by atoms with Crippen molar-refractivity contribution >= 4 is 23.4 Å². The highest BCUT2D eigenvalue weighted by molar-refractivity contribution is 7.12. The van der Waals surface area contributed by atoms with Crippen molar-refractivity contribution in [3.05, 3.63) is 21.7 Å². The molecule has 0 saturated heterocycles. The first-order valence-electron chi connectivity index (χ1n) is 5.05. The van der Waals surface area contributed by atoms with E-state index >= 15 is 0 Å². The number of carboxylic acids is 1. The Hall–Kier alpha value is -1.16. The molecule has 2 rings (SSSR count). The van der Waals surface area contributed by atoms with E-state index in [0.717, 1.165) is 10.6 Å². The van der Waals surface area contributed by atoms with E-state index in [1.165, 1.54) is 30.3 Å². The Bertz CT molecular complexity index is 405. The summed E-state index contributed by atoms with van der Waals surface area (Å²) in [5.74, 6) is -0.284. The lowest BCUT2D eigenvalue weighted by Gasteiger charge is -2.22. The minimum atomic E-state index is -0.909. The van der Waals surface area contributed by atoms with Crippen LogP contribution in [0.1, 0.15) is 40.8 Å². The molecule has 0 aromatic carbocycles. The number of thiazole rings is 1. The molecule has 0 aliphatic heterocycles. The highest BCUT2D eigenvalue weighted by Gasteiger charge is 2.23. The molecule has 3 nitrogen and oxygen atoms in total. The molecule has 1 aromatic rings. The van der Waals surface area contributed by atoms with Gasteiger partial charge in [-0.1, -0.05) is 6.42 Å². The normalized spacial score (nSPS) is 16.9.